The molecule has 7 heteroatoms. The first kappa shape index (κ1) is 15.3. The number of hydrogen-bond donors (Lipinski definition) is 4. The number of benzene rings is 2. The summed E-state index contributed by atoms with van der Waals surface area (Å²) in [5, 5.41) is 40.9. The minimum Gasteiger partial charge on any atom is -0.508 e. The summed E-state index contributed by atoms with van der Waals surface area (Å²) in [4.78, 5) is 12.6. The molecule has 7 nitrogen and oxygen atoms in total. The molecule has 1 aliphatic heterocycles. The molecule has 0 saturated heterocycles. The van der Waals surface area contributed by atoms with Gasteiger partial charge in [-0.2, -0.15) is 0 Å². The van der Waals surface area contributed by atoms with Gasteiger partial charge in [0, 0.05) is 24.8 Å². The summed E-state index contributed by atoms with van der Waals surface area (Å²) in [6.07, 6.45) is 0. The van der Waals surface area contributed by atoms with E-state index < -0.39 is 28.7 Å². The third-order valence-electron chi connectivity index (χ3n) is 3.78. The highest BCUT2D eigenvalue weighted by Crippen LogP contribution is 2.48. The lowest BCUT2D eigenvalue weighted by Gasteiger charge is -2.44. The number of aliphatic hydroxyl groups is 2. The molecule has 0 amide bonds. The zero-order valence-corrected chi connectivity index (χ0v) is 12.1. The molecule has 4 N–H and O–H groups in total. The fraction of sp³-hybridized carbons (Fsp3) is 0.188. The maximum Gasteiger partial charge on any atom is 0.304 e. The Hall–Kier alpha value is -2.61. The number of rotatable bonds is 2. The van der Waals surface area contributed by atoms with E-state index in [0.717, 1.165) is 19.2 Å². The van der Waals surface area contributed by atoms with Gasteiger partial charge in [0.25, 0.3) is 5.79 Å². The molecule has 23 heavy (non-hydrogen) atoms. The Morgan fingerprint density at radius 2 is 1.74 bits per heavy atom. The number of phenols is 2. The Morgan fingerprint density at radius 3 is 2.35 bits per heavy atom. The second-order valence-electron chi connectivity index (χ2n) is 5.13. The lowest BCUT2D eigenvalue weighted by molar-refractivity contribution is -0.336. The van der Waals surface area contributed by atoms with Crippen molar-refractivity contribution in [3.63, 3.8) is 0 Å². The topological polar surface area (TPSA) is 116 Å². The first-order chi connectivity index (χ1) is 10.8. The van der Waals surface area contributed by atoms with Crippen LogP contribution in [-0.2, 0) is 10.5 Å². The number of methoxy groups -OCH3 is 1. The third kappa shape index (κ3) is 1.98. The van der Waals surface area contributed by atoms with Crippen LogP contribution in [0.4, 0.5) is 0 Å². The maximum atomic E-state index is 12.6. The predicted molar refractivity (Wildman–Crippen MR) is 77.0 cm³/mol. The number of carbonyl (C=O) groups excluding carboxylic acids is 1. The van der Waals surface area contributed by atoms with Gasteiger partial charge in [-0.1, -0.05) is 30.3 Å². The van der Waals surface area contributed by atoms with Crippen LogP contribution < -0.4 is 4.74 Å². The Morgan fingerprint density at radius 1 is 1.09 bits per heavy atom. The highest BCUT2D eigenvalue weighted by molar-refractivity contribution is 6.07. The highest BCUT2D eigenvalue weighted by atomic mass is 16.7. The van der Waals surface area contributed by atoms with Crippen LogP contribution in [0.5, 0.6) is 17.2 Å². The number of ketones is 1. The fourth-order valence-corrected chi connectivity index (χ4v) is 2.60. The van der Waals surface area contributed by atoms with Crippen LogP contribution in [0.15, 0.2) is 42.5 Å². The summed E-state index contributed by atoms with van der Waals surface area (Å²) < 4.78 is 10.2. The second-order valence-corrected chi connectivity index (χ2v) is 5.13. The van der Waals surface area contributed by atoms with Gasteiger partial charge in [-0.05, 0) is 0 Å². The first-order valence-corrected chi connectivity index (χ1v) is 6.68. The molecule has 0 fully saturated rings. The Bertz CT molecular complexity index is 773. The van der Waals surface area contributed by atoms with Gasteiger partial charge in [-0.15, -0.1) is 0 Å². The number of ether oxygens (including phenoxy) is 2. The molecule has 0 aliphatic carbocycles. The largest absolute Gasteiger partial charge is 0.508 e. The monoisotopic (exact) mass is 318 g/mol. The van der Waals surface area contributed by atoms with Gasteiger partial charge >= 0.3 is 5.79 Å². The zero-order valence-electron chi connectivity index (χ0n) is 12.1. The number of carbonyl (C=O) groups is 1. The lowest BCUT2D eigenvalue weighted by atomic mass is 9.86. The number of hydrogen-bond acceptors (Lipinski definition) is 7. The Labute approximate surface area is 131 Å². The van der Waals surface area contributed by atoms with E-state index in [1.165, 1.54) is 12.1 Å². The minimum atomic E-state index is -2.78. The van der Waals surface area contributed by atoms with Crippen LogP contribution in [0.3, 0.4) is 0 Å². The molecule has 1 heterocycles. The average molecular weight is 318 g/mol. The van der Waals surface area contributed by atoms with Crippen LogP contribution in [0, 0.1) is 0 Å². The van der Waals surface area contributed by atoms with E-state index in [-0.39, 0.29) is 17.1 Å². The average Bonchev–Trinajstić information content (AvgIpc) is 2.52. The molecule has 0 bridgehead atoms. The molecule has 2 aromatic rings. The normalized spacial score (nSPS) is 26.5. The lowest BCUT2D eigenvalue weighted by Crippen LogP contribution is -2.64. The van der Waals surface area contributed by atoms with Crippen molar-refractivity contribution in [3.8, 4) is 17.2 Å². The summed E-state index contributed by atoms with van der Waals surface area (Å²) >= 11 is 0. The summed E-state index contributed by atoms with van der Waals surface area (Å²) in [7, 11) is 1.03. The van der Waals surface area contributed by atoms with Gasteiger partial charge in [-0.3, -0.25) is 4.79 Å². The quantitative estimate of drug-likeness (QED) is 0.607. The van der Waals surface area contributed by atoms with Crippen molar-refractivity contribution < 1.29 is 34.7 Å². The molecule has 3 rings (SSSR count). The van der Waals surface area contributed by atoms with Crippen molar-refractivity contribution >= 4 is 5.78 Å². The van der Waals surface area contributed by atoms with E-state index in [2.05, 4.69) is 0 Å². The standard InChI is InChI=1S/C16H14O7/c1-22-16(21)14(19)13-11(18)7-10(17)8-12(13)23-15(16,20)9-5-3-2-4-6-9/h2-8,17-18,20-21H,1H3. The van der Waals surface area contributed by atoms with Gasteiger partial charge < -0.3 is 29.9 Å². The predicted octanol–water partition coefficient (Wildman–Crippen LogP) is 0.853. The zero-order chi connectivity index (χ0) is 16.8. The van der Waals surface area contributed by atoms with Crippen LogP contribution in [-0.4, -0.2) is 39.1 Å². The Balaban J connectivity index is 2.28. The number of fused-ring (bicyclic) bond motifs is 1. The van der Waals surface area contributed by atoms with Crippen molar-refractivity contribution in [2.75, 3.05) is 7.11 Å². The smallest absolute Gasteiger partial charge is 0.304 e. The summed E-state index contributed by atoms with van der Waals surface area (Å²) in [5.74, 6) is -7.68. The van der Waals surface area contributed by atoms with Crippen LogP contribution in [0.2, 0.25) is 0 Å². The maximum absolute atomic E-state index is 12.6. The minimum absolute atomic E-state index is 0.0613. The summed E-state index contributed by atoms with van der Waals surface area (Å²) in [6, 6.07) is 9.67. The third-order valence-corrected chi connectivity index (χ3v) is 3.78. The van der Waals surface area contributed by atoms with Gasteiger partial charge in [0.1, 0.15) is 22.8 Å². The van der Waals surface area contributed by atoms with Crippen molar-refractivity contribution in [2.45, 2.75) is 11.6 Å². The molecule has 0 saturated carbocycles. The van der Waals surface area contributed by atoms with Gasteiger partial charge in [0.05, 0.1) is 0 Å². The van der Waals surface area contributed by atoms with E-state index >= 15 is 0 Å². The summed E-state index contributed by atoms with van der Waals surface area (Å²) in [5.41, 5.74) is -0.334. The molecule has 2 aromatic carbocycles. The molecule has 0 spiro atoms. The highest BCUT2D eigenvalue weighted by Gasteiger charge is 2.64. The van der Waals surface area contributed by atoms with Crippen molar-refractivity contribution in [3.05, 3.63) is 53.6 Å². The molecular formula is C16H14O7. The first-order valence-electron chi connectivity index (χ1n) is 6.68. The van der Waals surface area contributed by atoms with E-state index in [0.29, 0.717) is 0 Å². The molecule has 0 radical (unpaired) electrons. The van der Waals surface area contributed by atoms with E-state index in [1.54, 1.807) is 18.2 Å². The van der Waals surface area contributed by atoms with Gasteiger partial charge in [0.2, 0.25) is 5.78 Å². The number of aromatic hydroxyl groups is 2. The Kier molecular flexibility index (Phi) is 3.29. The molecule has 120 valence electrons. The second kappa shape index (κ2) is 4.95. The molecule has 2 atom stereocenters. The van der Waals surface area contributed by atoms with Crippen molar-refractivity contribution in [2.24, 2.45) is 0 Å². The molecule has 0 aromatic heterocycles. The van der Waals surface area contributed by atoms with Gasteiger partial charge in [-0.25, -0.2) is 0 Å². The van der Waals surface area contributed by atoms with Crippen LogP contribution in [0.1, 0.15) is 15.9 Å². The van der Waals surface area contributed by atoms with Crippen molar-refractivity contribution in [1.82, 2.24) is 0 Å². The number of Topliss-reactive ketones (excluding diaryl/α,β-unsaturated/α-hetero) is 1. The van der Waals surface area contributed by atoms with E-state index in [4.69, 9.17) is 9.47 Å². The molecule has 1 aliphatic rings. The number of phenolic OH excluding ortho intramolecular Hbond substituents is 2. The van der Waals surface area contributed by atoms with E-state index in [9.17, 15) is 25.2 Å². The fourth-order valence-electron chi connectivity index (χ4n) is 2.60. The van der Waals surface area contributed by atoms with Gasteiger partial charge in [0.15, 0.2) is 0 Å². The van der Waals surface area contributed by atoms with E-state index in [1.807, 2.05) is 0 Å². The summed E-state index contributed by atoms with van der Waals surface area (Å²) in [6.45, 7) is 0. The SMILES string of the molecule is COC1(O)C(=O)c2c(O)cc(O)cc2OC1(O)c1ccccc1. The van der Waals surface area contributed by atoms with Crippen LogP contribution >= 0.6 is 0 Å². The van der Waals surface area contributed by atoms with Crippen LogP contribution in [0.25, 0.3) is 0 Å². The van der Waals surface area contributed by atoms with Crippen molar-refractivity contribution in [1.29, 1.82) is 0 Å². The molecular weight excluding hydrogens is 304 g/mol. The molecule has 2 unspecified atom stereocenters.